The van der Waals surface area contributed by atoms with Gasteiger partial charge in [0.15, 0.2) is 0 Å². The Morgan fingerprint density at radius 2 is 1.52 bits per heavy atom. The van der Waals surface area contributed by atoms with Crippen molar-refractivity contribution >= 4 is 17.5 Å². The quantitative estimate of drug-likeness (QED) is 0.467. The fraction of sp³-hybridized carbons (Fsp3) is 0.238. The van der Waals surface area contributed by atoms with Crippen LogP contribution in [0.25, 0.3) is 11.3 Å². The molecule has 3 rings (SSSR count). The number of benzene rings is 1. The molecule has 4 nitrogen and oxygen atoms in total. The zero-order valence-electron chi connectivity index (χ0n) is 15.1. The molecule has 0 unspecified atom stereocenters. The molecule has 25 heavy (non-hydrogen) atoms. The van der Waals surface area contributed by atoms with Crippen molar-refractivity contribution in [1.29, 1.82) is 0 Å². The fourth-order valence-corrected chi connectivity index (χ4v) is 3.44. The first-order valence-corrected chi connectivity index (χ1v) is 8.23. The molecule has 0 amide bonds. The van der Waals surface area contributed by atoms with Gasteiger partial charge in [-0.3, -0.25) is 0 Å². The number of hydrogen-bond donors (Lipinski definition) is 0. The number of aromatic nitrogens is 1. The third kappa shape index (κ3) is 2.74. The van der Waals surface area contributed by atoms with Crippen LogP contribution < -0.4 is 0 Å². The van der Waals surface area contributed by atoms with Crippen molar-refractivity contribution in [2.24, 2.45) is 0 Å². The second-order valence-corrected chi connectivity index (χ2v) is 6.51. The maximum absolute atomic E-state index is 12.2. The predicted octanol–water partition coefficient (Wildman–Crippen LogP) is 4.29. The van der Waals surface area contributed by atoms with Crippen molar-refractivity contribution in [1.82, 2.24) is 4.57 Å². The van der Waals surface area contributed by atoms with Gasteiger partial charge in [-0.15, -0.1) is 0 Å². The van der Waals surface area contributed by atoms with Gasteiger partial charge in [0, 0.05) is 17.1 Å². The number of nitrogens with zero attached hydrogens (tertiary/aromatic N) is 1. The van der Waals surface area contributed by atoms with E-state index in [0.29, 0.717) is 11.1 Å². The van der Waals surface area contributed by atoms with Crippen LogP contribution in [0.3, 0.4) is 0 Å². The molecule has 0 bridgehead atoms. The number of aryl methyl sites for hydroxylation is 1. The molecule has 2 aromatic rings. The van der Waals surface area contributed by atoms with Gasteiger partial charge in [0.25, 0.3) is 0 Å². The zero-order chi connectivity index (χ0) is 18.3. The average Bonchev–Trinajstić information content (AvgIpc) is 3.03. The number of carbonyl (C=O) groups excluding carboxylic acids is 2. The maximum atomic E-state index is 12.2. The highest BCUT2D eigenvalue weighted by molar-refractivity contribution is 6.22. The summed E-state index contributed by atoms with van der Waals surface area (Å²) < 4.78 is 6.99. The summed E-state index contributed by atoms with van der Waals surface area (Å²) in [4.78, 5) is 24.3. The van der Waals surface area contributed by atoms with Gasteiger partial charge in [0.1, 0.15) is 0 Å². The normalized spacial score (nSPS) is 16.3. The Morgan fingerprint density at radius 3 is 2.12 bits per heavy atom. The SMILES string of the molecule is CC(C)=C1C(=O)OC(=O)/C1=C(\C)c1cc(C)n(-c2ccccc2)c1C. The lowest BCUT2D eigenvalue weighted by molar-refractivity contribution is -0.149. The minimum absolute atomic E-state index is 0.373. The van der Waals surface area contributed by atoms with Crippen molar-refractivity contribution in [3.8, 4) is 5.69 Å². The molecule has 1 aromatic heterocycles. The number of esters is 2. The second-order valence-electron chi connectivity index (χ2n) is 6.51. The van der Waals surface area contributed by atoms with Crippen molar-refractivity contribution in [2.75, 3.05) is 0 Å². The van der Waals surface area contributed by atoms with Crippen molar-refractivity contribution in [3.63, 3.8) is 0 Å². The third-order valence-electron chi connectivity index (χ3n) is 4.57. The van der Waals surface area contributed by atoms with Crippen LogP contribution in [0.5, 0.6) is 0 Å². The summed E-state index contributed by atoms with van der Waals surface area (Å²) in [7, 11) is 0. The summed E-state index contributed by atoms with van der Waals surface area (Å²) in [5, 5.41) is 0. The monoisotopic (exact) mass is 335 g/mol. The van der Waals surface area contributed by atoms with Gasteiger partial charge in [-0.25, -0.2) is 9.59 Å². The van der Waals surface area contributed by atoms with E-state index in [1.165, 1.54) is 0 Å². The molecule has 4 heteroatoms. The summed E-state index contributed by atoms with van der Waals surface area (Å²) in [6.45, 7) is 9.55. The Bertz CT molecular complexity index is 939. The molecule has 0 saturated carbocycles. The highest BCUT2D eigenvalue weighted by Gasteiger charge is 2.36. The molecule has 0 N–H and O–H groups in total. The zero-order valence-corrected chi connectivity index (χ0v) is 15.1. The molecule has 0 atom stereocenters. The summed E-state index contributed by atoms with van der Waals surface area (Å²) in [5.41, 5.74) is 6.40. The largest absolute Gasteiger partial charge is 0.386 e. The lowest BCUT2D eigenvalue weighted by atomic mass is 9.95. The molecule has 1 aliphatic rings. The molecule has 1 aliphatic heterocycles. The molecule has 1 aromatic carbocycles. The van der Waals surface area contributed by atoms with Crippen LogP contribution in [0, 0.1) is 13.8 Å². The molecule has 0 spiro atoms. The van der Waals surface area contributed by atoms with Gasteiger partial charge in [-0.2, -0.15) is 0 Å². The molecule has 1 saturated heterocycles. The smallest absolute Gasteiger partial charge is 0.347 e. The average molecular weight is 335 g/mol. The third-order valence-corrected chi connectivity index (χ3v) is 4.57. The number of carbonyl (C=O) groups is 2. The molecule has 2 heterocycles. The van der Waals surface area contributed by atoms with E-state index in [1.54, 1.807) is 0 Å². The van der Waals surface area contributed by atoms with Crippen molar-refractivity contribution in [3.05, 3.63) is 70.1 Å². The number of ether oxygens (including phenoxy) is 1. The summed E-state index contributed by atoms with van der Waals surface area (Å²) >= 11 is 0. The van der Waals surface area contributed by atoms with E-state index in [-0.39, 0.29) is 0 Å². The Hall–Kier alpha value is -2.88. The lowest BCUT2D eigenvalue weighted by Gasteiger charge is -2.10. The second kappa shape index (κ2) is 6.20. The van der Waals surface area contributed by atoms with Gasteiger partial charge >= 0.3 is 11.9 Å². The van der Waals surface area contributed by atoms with Gasteiger partial charge in [0.2, 0.25) is 0 Å². The van der Waals surface area contributed by atoms with E-state index in [1.807, 2.05) is 71.0 Å². The van der Waals surface area contributed by atoms with E-state index in [9.17, 15) is 9.59 Å². The molecule has 1 fully saturated rings. The lowest BCUT2D eigenvalue weighted by Crippen LogP contribution is -2.02. The topological polar surface area (TPSA) is 48.3 Å². The van der Waals surface area contributed by atoms with Crippen LogP contribution in [-0.2, 0) is 14.3 Å². The molecule has 0 aliphatic carbocycles. The molecule has 128 valence electrons. The first-order chi connectivity index (χ1) is 11.8. The Labute approximate surface area is 147 Å². The van der Waals surface area contributed by atoms with Crippen molar-refractivity contribution in [2.45, 2.75) is 34.6 Å². The highest BCUT2D eigenvalue weighted by Crippen LogP contribution is 2.35. The molecular formula is C21H21NO3. The molecule has 0 radical (unpaired) electrons. The minimum Gasteiger partial charge on any atom is -0.386 e. The van der Waals surface area contributed by atoms with Gasteiger partial charge in [-0.1, -0.05) is 23.8 Å². The van der Waals surface area contributed by atoms with E-state index in [4.69, 9.17) is 4.74 Å². The van der Waals surface area contributed by atoms with Crippen molar-refractivity contribution < 1.29 is 14.3 Å². The number of allylic oxidation sites excluding steroid dienone is 2. The molecular weight excluding hydrogens is 314 g/mol. The van der Waals surface area contributed by atoms with Gasteiger partial charge in [-0.05, 0) is 64.0 Å². The number of para-hydroxylation sites is 1. The van der Waals surface area contributed by atoms with Gasteiger partial charge < -0.3 is 9.30 Å². The van der Waals surface area contributed by atoms with Gasteiger partial charge in [0.05, 0.1) is 11.1 Å². The fourth-order valence-electron chi connectivity index (χ4n) is 3.44. The van der Waals surface area contributed by atoms with E-state index in [2.05, 4.69) is 4.57 Å². The van der Waals surface area contributed by atoms with Crippen LogP contribution >= 0.6 is 0 Å². The maximum Gasteiger partial charge on any atom is 0.347 e. The van der Waals surface area contributed by atoms with E-state index >= 15 is 0 Å². The van der Waals surface area contributed by atoms with Crippen LogP contribution in [-0.4, -0.2) is 16.5 Å². The summed E-state index contributed by atoms with van der Waals surface area (Å²) in [6.07, 6.45) is 0. The predicted molar refractivity (Wildman–Crippen MR) is 97.3 cm³/mol. The van der Waals surface area contributed by atoms with E-state index < -0.39 is 11.9 Å². The Balaban J connectivity index is 2.23. The van der Waals surface area contributed by atoms with E-state index in [0.717, 1.165) is 33.8 Å². The Kier molecular flexibility index (Phi) is 4.21. The first-order valence-electron chi connectivity index (χ1n) is 8.23. The van der Waals surface area contributed by atoms with Crippen LogP contribution in [0.4, 0.5) is 0 Å². The van der Waals surface area contributed by atoms with Crippen LogP contribution in [0.2, 0.25) is 0 Å². The number of hydrogen-bond acceptors (Lipinski definition) is 3. The highest BCUT2D eigenvalue weighted by atomic mass is 16.6. The van der Waals surface area contributed by atoms with Crippen LogP contribution in [0.15, 0.2) is 53.1 Å². The first kappa shape index (κ1) is 17.0. The summed E-state index contributed by atoms with van der Waals surface area (Å²) in [6, 6.07) is 12.1. The standard InChI is InChI=1S/C21H21NO3/c1-12(2)18-19(21(24)25-20(18)23)14(4)17-11-13(3)22(15(17)5)16-9-7-6-8-10-16/h6-11H,1-5H3/b19-14+. The number of rotatable bonds is 2. The Morgan fingerprint density at radius 1 is 0.920 bits per heavy atom. The number of cyclic esters (lactones) is 2. The van der Waals surface area contributed by atoms with Crippen LogP contribution in [0.1, 0.15) is 37.7 Å². The minimum atomic E-state index is -0.566. The summed E-state index contributed by atoms with van der Waals surface area (Å²) in [5.74, 6) is -1.13.